The highest BCUT2D eigenvalue weighted by atomic mass is 32.2. The van der Waals surface area contributed by atoms with E-state index in [1.54, 1.807) is 17.8 Å². The molecule has 1 atom stereocenters. The SMILES string of the molecule is CCn1cnnc1S[C@@H](C)C(=O)Nc1ccc(OC(F)(F)F)cc1. The zero-order valence-corrected chi connectivity index (χ0v) is 13.7. The second-order valence-electron chi connectivity index (χ2n) is 4.72. The summed E-state index contributed by atoms with van der Waals surface area (Å²) >= 11 is 1.24. The first-order valence-corrected chi connectivity index (χ1v) is 7.87. The number of carbonyl (C=O) groups is 1. The van der Waals surface area contributed by atoms with E-state index in [0.29, 0.717) is 17.4 Å². The fourth-order valence-corrected chi connectivity index (χ4v) is 2.64. The molecule has 2 aromatic rings. The van der Waals surface area contributed by atoms with Gasteiger partial charge in [-0.1, -0.05) is 11.8 Å². The standard InChI is InChI=1S/C14H15F3N4O2S/c1-3-21-8-18-20-13(21)24-9(2)12(22)19-10-4-6-11(7-5-10)23-14(15,16)17/h4-9H,3H2,1-2H3,(H,19,22)/t9-/m0/s1. The average Bonchev–Trinajstić information content (AvgIpc) is 2.95. The van der Waals surface area contributed by atoms with Crippen molar-refractivity contribution in [1.29, 1.82) is 0 Å². The molecule has 0 unspecified atom stereocenters. The number of thioether (sulfide) groups is 1. The summed E-state index contributed by atoms with van der Waals surface area (Å²) in [5, 5.41) is 10.5. The maximum Gasteiger partial charge on any atom is 0.573 e. The van der Waals surface area contributed by atoms with Crippen LogP contribution in [-0.4, -0.2) is 32.3 Å². The molecule has 0 spiro atoms. The molecule has 1 aromatic heterocycles. The second-order valence-corrected chi connectivity index (χ2v) is 6.03. The molecule has 0 saturated heterocycles. The topological polar surface area (TPSA) is 69.0 Å². The Bertz CT molecular complexity index is 688. The van der Waals surface area contributed by atoms with Crippen LogP contribution in [0.2, 0.25) is 0 Å². The van der Waals surface area contributed by atoms with Gasteiger partial charge in [-0.2, -0.15) is 0 Å². The summed E-state index contributed by atoms with van der Waals surface area (Å²) in [5.74, 6) is -0.644. The van der Waals surface area contributed by atoms with Crippen molar-refractivity contribution in [3.05, 3.63) is 30.6 Å². The number of nitrogens with zero attached hydrogens (tertiary/aromatic N) is 3. The van der Waals surface area contributed by atoms with E-state index in [9.17, 15) is 18.0 Å². The number of hydrogen-bond donors (Lipinski definition) is 1. The monoisotopic (exact) mass is 360 g/mol. The molecule has 0 saturated carbocycles. The van der Waals surface area contributed by atoms with Crippen molar-refractivity contribution in [2.24, 2.45) is 0 Å². The van der Waals surface area contributed by atoms with Gasteiger partial charge in [0.1, 0.15) is 12.1 Å². The molecule has 130 valence electrons. The van der Waals surface area contributed by atoms with Crippen LogP contribution in [0, 0.1) is 0 Å². The largest absolute Gasteiger partial charge is 0.573 e. The Balaban J connectivity index is 1.94. The number of nitrogens with one attached hydrogen (secondary N) is 1. The van der Waals surface area contributed by atoms with Crippen LogP contribution in [-0.2, 0) is 11.3 Å². The number of anilines is 1. The molecule has 1 amide bonds. The lowest BCUT2D eigenvalue weighted by Crippen LogP contribution is -2.23. The minimum Gasteiger partial charge on any atom is -0.406 e. The molecule has 24 heavy (non-hydrogen) atoms. The quantitative estimate of drug-likeness (QED) is 0.801. The van der Waals surface area contributed by atoms with Crippen LogP contribution in [0.3, 0.4) is 0 Å². The summed E-state index contributed by atoms with van der Waals surface area (Å²) in [5.41, 5.74) is 0.374. The number of halogens is 3. The maximum absolute atomic E-state index is 12.2. The van der Waals surface area contributed by atoms with Gasteiger partial charge < -0.3 is 14.6 Å². The molecule has 0 aliphatic heterocycles. The van der Waals surface area contributed by atoms with E-state index < -0.39 is 11.6 Å². The Labute approximate surface area is 140 Å². The molecule has 0 aliphatic rings. The number of carbonyl (C=O) groups excluding carboxylic acids is 1. The number of rotatable bonds is 6. The summed E-state index contributed by atoms with van der Waals surface area (Å²) < 4.78 is 41.9. The fourth-order valence-electron chi connectivity index (χ4n) is 1.75. The van der Waals surface area contributed by atoms with Crippen molar-refractivity contribution in [1.82, 2.24) is 14.8 Å². The highest BCUT2D eigenvalue weighted by Gasteiger charge is 2.31. The molecule has 1 N–H and O–H groups in total. The Morgan fingerprint density at radius 2 is 2.04 bits per heavy atom. The van der Waals surface area contributed by atoms with Crippen molar-refractivity contribution in [3.8, 4) is 5.75 Å². The van der Waals surface area contributed by atoms with Gasteiger partial charge in [-0.3, -0.25) is 4.79 Å². The highest BCUT2D eigenvalue weighted by molar-refractivity contribution is 8.00. The molecule has 6 nitrogen and oxygen atoms in total. The molecule has 0 aliphatic carbocycles. The van der Waals surface area contributed by atoms with E-state index in [2.05, 4.69) is 20.3 Å². The normalized spacial score (nSPS) is 12.7. The van der Waals surface area contributed by atoms with E-state index in [4.69, 9.17) is 0 Å². The number of aromatic nitrogens is 3. The third-order valence-electron chi connectivity index (χ3n) is 2.93. The van der Waals surface area contributed by atoms with Gasteiger partial charge in [-0.25, -0.2) is 0 Å². The lowest BCUT2D eigenvalue weighted by molar-refractivity contribution is -0.274. The molecule has 2 rings (SSSR count). The number of aryl methyl sites for hydroxylation is 1. The van der Waals surface area contributed by atoms with Crippen LogP contribution in [0.1, 0.15) is 13.8 Å². The van der Waals surface area contributed by atoms with Gasteiger partial charge in [-0.05, 0) is 38.1 Å². The molecular formula is C14H15F3N4O2S. The number of alkyl halides is 3. The van der Waals surface area contributed by atoms with Crippen LogP contribution in [0.15, 0.2) is 35.7 Å². The predicted molar refractivity (Wildman–Crippen MR) is 82.8 cm³/mol. The second kappa shape index (κ2) is 7.56. The summed E-state index contributed by atoms with van der Waals surface area (Å²) in [6.45, 7) is 4.32. The van der Waals surface area contributed by atoms with Gasteiger partial charge in [0, 0.05) is 12.2 Å². The van der Waals surface area contributed by atoms with Crippen molar-refractivity contribution < 1.29 is 22.7 Å². The smallest absolute Gasteiger partial charge is 0.406 e. The first-order chi connectivity index (χ1) is 11.3. The average molecular weight is 360 g/mol. The molecule has 0 fully saturated rings. The Morgan fingerprint density at radius 1 is 1.38 bits per heavy atom. The highest BCUT2D eigenvalue weighted by Crippen LogP contribution is 2.25. The molecule has 10 heteroatoms. The van der Waals surface area contributed by atoms with Crippen LogP contribution in [0.25, 0.3) is 0 Å². The van der Waals surface area contributed by atoms with Gasteiger partial charge >= 0.3 is 6.36 Å². The van der Waals surface area contributed by atoms with E-state index >= 15 is 0 Å². The number of benzene rings is 1. The van der Waals surface area contributed by atoms with Crippen LogP contribution < -0.4 is 10.1 Å². The fraction of sp³-hybridized carbons (Fsp3) is 0.357. The molecular weight excluding hydrogens is 345 g/mol. The van der Waals surface area contributed by atoms with Gasteiger partial charge in [0.25, 0.3) is 0 Å². The molecule has 0 radical (unpaired) electrons. The van der Waals surface area contributed by atoms with Crippen molar-refractivity contribution in [2.75, 3.05) is 5.32 Å². The third-order valence-corrected chi connectivity index (χ3v) is 4.02. The zero-order valence-electron chi connectivity index (χ0n) is 12.9. The Morgan fingerprint density at radius 3 is 2.62 bits per heavy atom. The number of hydrogen-bond acceptors (Lipinski definition) is 5. The van der Waals surface area contributed by atoms with Crippen LogP contribution in [0.5, 0.6) is 5.75 Å². The first-order valence-electron chi connectivity index (χ1n) is 6.99. The van der Waals surface area contributed by atoms with E-state index in [0.717, 1.165) is 12.1 Å². The van der Waals surface area contributed by atoms with E-state index in [-0.39, 0.29) is 11.7 Å². The number of ether oxygens (including phenoxy) is 1. The van der Waals surface area contributed by atoms with Crippen molar-refractivity contribution in [2.45, 2.75) is 37.2 Å². The summed E-state index contributed by atoms with van der Waals surface area (Å²) in [6.07, 6.45) is -3.17. The van der Waals surface area contributed by atoms with Gasteiger partial charge in [0.05, 0.1) is 5.25 Å². The van der Waals surface area contributed by atoms with Crippen LogP contribution in [0.4, 0.5) is 18.9 Å². The lowest BCUT2D eigenvalue weighted by atomic mass is 10.3. The Hall–Kier alpha value is -2.23. The van der Waals surface area contributed by atoms with Gasteiger partial charge in [0.15, 0.2) is 5.16 Å². The minimum atomic E-state index is -4.74. The van der Waals surface area contributed by atoms with Gasteiger partial charge in [-0.15, -0.1) is 23.4 Å². The van der Waals surface area contributed by atoms with Crippen molar-refractivity contribution in [3.63, 3.8) is 0 Å². The maximum atomic E-state index is 12.2. The third kappa shape index (κ3) is 5.15. The number of amides is 1. The van der Waals surface area contributed by atoms with Crippen molar-refractivity contribution >= 4 is 23.4 Å². The molecule has 1 heterocycles. The minimum absolute atomic E-state index is 0.296. The summed E-state index contributed by atoms with van der Waals surface area (Å²) in [6, 6.07) is 4.94. The molecule has 0 bridgehead atoms. The predicted octanol–water partition coefficient (Wildman–Crippen LogP) is 3.32. The van der Waals surface area contributed by atoms with E-state index in [1.807, 2.05) is 6.92 Å². The lowest BCUT2D eigenvalue weighted by Gasteiger charge is -2.13. The van der Waals surface area contributed by atoms with Gasteiger partial charge in [0.2, 0.25) is 5.91 Å². The summed E-state index contributed by atoms with van der Waals surface area (Å²) in [4.78, 5) is 12.2. The Kier molecular flexibility index (Phi) is 5.71. The van der Waals surface area contributed by atoms with Crippen LogP contribution >= 0.6 is 11.8 Å². The zero-order chi connectivity index (χ0) is 17.7. The summed E-state index contributed by atoms with van der Waals surface area (Å²) in [7, 11) is 0. The molecule has 1 aromatic carbocycles. The van der Waals surface area contributed by atoms with E-state index in [1.165, 1.54) is 23.9 Å². The first kappa shape index (κ1) is 18.1.